The molecule has 0 saturated carbocycles. The van der Waals surface area contributed by atoms with Crippen LogP contribution in [0.5, 0.6) is 0 Å². The normalized spacial score (nSPS) is 10.1. The number of amides is 1. The van der Waals surface area contributed by atoms with Gasteiger partial charge in [-0.25, -0.2) is 4.79 Å². The summed E-state index contributed by atoms with van der Waals surface area (Å²) in [5.41, 5.74) is 1.54. The molecule has 5 nitrogen and oxygen atoms in total. The predicted octanol–water partition coefficient (Wildman–Crippen LogP) is 4.13. The molecule has 24 heavy (non-hydrogen) atoms. The first kappa shape index (κ1) is 18.2. The molecule has 124 valence electrons. The van der Waals surface area contributed by atoms with Crippen molar-refractivity contribution in [2.24, 2.45) is 0 Å². The summed E-state index contributed by atoms with van der Waals surface area (Å²) in [6, 6.07) is 9.20. The van der Waals surface area contributed by atoms with E-state index in [0.717, 1.165) is 5.56 Å². The van der Waals surface area contributed by atoms with Gasteiger partial charge < -0.3 is 10.4 Å². The molecule has 0 aromatic heterocycles. The highest BCUT2D eigenvalue weighted by Gasteiger charge is 2.12. The van der Waals surface area contributed by atoms with E-state index in [0.29, 0.717) is 16.3 Å². The van der Waals surface area contributed by atoms with Crippen molar-refractivity contribution >= 4 is 58.1 Å². The molecule has 0 bridgehead atoms. The van der Waals surface area contributed by atoms with Crippen molar-refractivity contribution in [3.05, 3.63) is 63.1 Å². The molecule has 0 heterocycles. The van der Waals surface area contributed by atoms with Gasteiger partial charge in [0.1, 0.15) is 0 Å². The highest BCUT2D eigenvalue weighted by Crippen LogP contribution is 2.21. The van der Waals surface area contributed by atoms with E-state index in [1.165, 1.54) is 12.1 Å². The summed E-state index contributed by atoms with van der Waals surface area (Å²) in [6.45, 7) is 1.83. The van der Waals surface area contributed by atoms with Gasteiger partial charge in [-0.1, -0.05) is 29.3 Å². The van der Waals surface area contributed by atoms with E-state index in [2.05, 4.69) is 10.6 Å². The molecule has 0 saturated heterocycles. The Morgan fingerprint density at radius 3 is 2.42 bits per heavy atom. The molecule has 2 aromatic carbocycles. The Hall–Kier alpha value is -2.15. The van der Waals surface area contributed by atoms with Crippen molar-refractivity contribution < 1.29 is 14.7 Å². The van der Waals surface area contributed by atoms with Crippen LogP contribution >= 0.6 is 35.4 Å². The van der Waals surface area contributed by atoms with Crippen molar-refractivity contribution in [2.45, 2.75) is 6.92 Å². The summed E-state index contributed by atoms with van der Waals surface area (Å²) in [7, 11) is 0. The highest BCUT2D eigenvalue weighted by atomic mass is 35.5. The van der Waals surface area contributed by atoms with Crippen molar-refractivity contribution in [3.63, 3.8) is 0 Å². The number of nitrogens with one attached hydrogen (secondary N) is 2. The van der Waals surface area contributed by atoms with Crippen molar-refractivity contribution in [1.29, 1.82) is 0 Å². The van der Waals surface area contributed by atoms with Crippen molar-refractivity contribution in [1.82, 2.24) is 5.32 Å². The van der Waals surface area contributed by atoms with Crippen molar-refractivity contribution in [3.8, 4) is 0 Å². The number of anilines is 1. The fraction of sp³-hybridized carbons (Fsp3) is 0.0625. The minimum Gasteiger partial charge on any atom is -0.478 e. The van der Waals surface area contributed by atoms with E-state index in [9.17, 15) is 9.59 Å². The van der Waals surface area contributed by atoms with Gasteiger partial charge in [0.05, 0.1) is 10.6 Å². The van der Waals surface area contributed by atoms with E-state index < -0.39 is 11.9 Å². The molecule has 2 rings (SSSR count). The smallest absolute Gasteiger partial charge is 0.337 e. The van der Waals surface area contributed by atoms with E-state index >= 15 is 0 Å². The number of hydrogen-bond donors (Lipinski definition) is 3. The number of carbonyl (C=O) groups excluding carboxylic acids is 1. The molecule has 2 aromatic rings. The van der Waals surface area contributed by atoms with Crippen LogP contribution in [0.2, 0.25) is 10.0 Å². The molecular weight excluding hydrogens is 371 g/mol. The Bertz CT molecular complexity index is 840. The van der Waals surface area contributed by atoms with Gasteiger partial charge in [0.2, 0.25) is 0 Å². The number of rotatable bonds is 3. The maximum Gasteiger partial charge on any atom is 0.337 e. The second-order valence-electron chi connectivity index (χ2n) is 4.87. The lowest BCUT2D eigenvalue weighted by molar-refractivity contribution is 0.0697. The number of halogens is 2. The van der Waals surface area contributed by atoms with Gasteiger partial charge >= 0.3 is 5.97 Å². The number of carboxylic acid groups (broad SMARTS) is 1. The third kappa shape index (κ3) is 4.44. The van der Waals surface area contributed by atoms with E-state index in [-0.39, 0.29) is 15.7 Å². The molecule has 0 aliphatic rings. The molecule has 3 N–H and O–H groups in total. The van der Waals surface area contributed by atoms with Crippen LogP contribution in [0, 0.1) is 6.92 Å². The second-order valence-corrected chi connectivity index (χ2v) is 6.09. The van der Waals surface area contributed by atoms with Crippen LogP contribution in [-0.4, -0.2) is 22.1 Å². The lowest BCUT2D eigenvalue weighted by atomic mass is 10.1. The quantitative estimate of drug-likeness (QED) is 0.695. The Balaban J connectivity index is 2.07. The summed E-state index contributed by atoms with van der Waals surface area (Å²) in [6.07, 6.45) is 0. The Kier molecular flexibility index (Phi) is 5.77. The average Bonchev–Trinajstić information content (AvgIpc) is 2.51. The Labute approximate surface area is 153 Å². The molecule has 0 atom stereocenters. The van der Waals surface area contributed by atoms with Gasteiger partial charge in [0.15, 0.2) is 5.11 Å². The topological polar surface area (TPSA) is 78.4 Å². The SMILES string of the molecule is Cc1ccc(C(=O)NC(=S)Nc2ccc(Cl)c(C(=O)O)c2)cc1Cl. The minimum absolute atomic E-state index is 0.0235. The fourth-order valence-corrected chi connectivity index (χ4v) is 2.43. The summed E-state index contributed by atoms with van der Waals surface area (Å²) in [5, 5.41) is 14.9. The maximum absolute atomic E-state index is 12.1. The zero-order valence-electron chi connectivity index (χ0n) is 12.4. The van der Waals surface area contributed by atoms with Gasteiger partial charge in [0.25, 0.3) is 5.91 Å². The number of benzene rings is 2. The predicted molar refractivity (Wildman–Crippen MR) is 98.3 cm³/mol. The van der Waals surface area contributed by atoms with Crippen molar-refractivity contribution in [2.75, 3.05) is 5.32 Å². The third-order valence-electron chi connectivity index (χ3n) is 3.12. The number of carboxylic acids is 1. The highest BCUT2D eigenvalue weighted by molar-refractivity contribution is 7.80. The Morgan fingerprint density at radius 1 is 1.08 bits per heavy atom. The van der Waals surface area contributed by atoms with Crippen LogP contribution in [0.15, 0.2) is 36.4 Å². The van der Waals surface area contributed by atoms with Crippen LogP contribution in [0.4, 0.5) is 5.69 Å². The largest absolute Gasteiger partial charge is 0.478 e. The lowest BCUT2D eigenvalue weighted by Crippen LogP contribution is -2.34. The molecule has 0 aliphatic carbocycles. The third-order valence-corrected chi connectivity index (χ3v) is 4.06. The number of aromatic carboxylic acids is 1. The molecule has 0 spiro atoms. The summed E-state index contributed by atoms with van der Waals surface area (Å²) in [4.78, 5) is 23.2. The van der Waals surface area contributed by atoms with Crippen LogP contribution in [0.3, 0.4) is 0 Å². The summed E-state index contributed by atoms with van der Waals surface area (Å²) >= 11 is 16.8. The van der Waals surface area contributed by atoms with Crippen LogP contribution < -0.4 is 10.6 Å². The summed E-state index contributed by atoms with van der Waals surface area (Å²) < 4.78 is 0. The first-order valence-electron chi connectivity index (χ1n) is 6.69. The monoisotopic (exact) mass is 382 g/mol. The van der Waals surface area contributed by atoms with E-state index in [1.807, 2.05) is 6.92 Å². The first-order chi connectivity index (χ1) is 11.3. The minimum atomic E-state index is -1.16. The fourth-order valence-electron chi connectivity index (χ4n) is 1.84. The van der Waals surface area contributed by atoms with Gasteiger partial charge in [0, 0.05) is 16.3 Å². The van der Waals surface area contributed by atoms with Gasteiger partial charge in [-0.2, -0.15) is 0 Å². The standard InChI is InChI=1S/C16H12Cl2N2O3S/c1-8-2-3-9(6-13(8)18)14(21)20-16(24)19-10-4-5-12(17)11(7-10)15(22)23/h2-7H,1H3,(H,22,23)(H2,19,20,21,24). The molecule has 0 aliphatic heterocycles. The molecule has 0 radical (unpaired) electrons. The average molecular weight is 383 g/mol. The number of hydrogen-bond acceptors (Lipinski definition) is 3. The van der Waals surface area contributed by atoms with Gasteiger partial charge in [-0.05, 0) is 55.0 Å². The Morgan fingerprint density at radius 2 is 1.79 bits per heavy atom. The first-order valence-corrected chi connectivity index (χ1v) is 7.85. The zero-order chi connectivity index (χ0) is 17.9. The summed E-state index contributed by atoms with van der Waals surface area (Å²) in [5.74, 6) is -1.59. The molecule has 1 amide bonds. The second kappa shape index (κ2) is 7.61. The zero-order valence-corrected chi connectivity index (χ0v) is 14.7. The molecule has 8 heteroatoms. The molecule has 0 fully saturated rings. The maximum atomic E-state index is 12.1. The number of thiocarbonyl (C=S) groups is 1. The van der Waals surface area contributed by atoms with Crippen LogP contribution in [0.1, 0.15) is 26.3 Å². The van der Waals surface area contributed by atoms with Crippen LogP contribution in [0.25, 0.3) is 0 Å². The van der Waals surface area contributed by atoms with E-state index in [4.69, 9.17) is 40.5 Å². The van der Waals surface area contributed by atoms with Crippen LogP contribution in [-0.2, 0) is 0 Å². The van der Waals surface area contributed by atoms with Gasteiger partial charge in [-0.3, -0.25) is 10.1 Å². The number of aryl methyl sites for hydroxylation is 1. The number of carbonyl (C=O) groups is 2. The lowest BCUT2D eigenvalue weighted by Gasteiger charge is -2.11. The van der Waals surface area contributed by atoms with E-state index in [1.54, 1.807) is 24.3 Å². The molecular formula is C16H12Cl2N2O3S. The van der Waals surface area contributed by atoms with Gasteiger partial charge in [-0.15, -0.1) is 0 Å². The molecule has 0 unspecified atom stereocenters.